The lowest BCUT2D eigenvalue weighted by atomic mass is 10.1. The fourth-order valence-electron chi connectivity index (χ4n) is 2.18. The highest BCUT2D eigenvalue weighted by Crippen LogP contribution is 2.06. The van der Waals surface area contributed by atoms with Crippen molar-refractivity contribution in [3.8, 4) is 11.8 Å². The molecule has 0 spiro atoms. The Bertz CT molecular complexity index is 838. The van der Waals surface area contributed by atoms with Gasteiger partial charge in [-0.1, -0.05) is 31.4 Å². The number of hydrogen-bond donors (Lipinski definition) is 5. The van der Waals surface area contributed by atoms with Gasteiger partial charge in [0.1, 0.15) is 6.04 Å². The predicted octanol–water partition coefficient (Wildman–Crippen LogP) is 0.744. The Morgan fingerprint density at radius 3 is 2.30 bits per heavy atom. The molecule has 1 atom stereocenters. The van der Waals surface area contributed by atoms with E-state index >= 15 is 0 Å². The maximum atomic E-state index is 12.1. The van der Waals surface area contributed by atoms with E-state index in [9.17, 15) is 9.59 Å². The number of nitrogens with one attached hydrogen (secondary N) is 2. The van der Waals surface area contributed by atoms with E-state index < -0.39 is 17.9 Å². The van der Waals surface area contributed by atoms with Gasteiger partial charge in [0, 0.05) is 29.8 Å². The van der Waals surface area contributed by atoms with E-state index in [1.54, 1.807) is 24.3 Å². The van der Waals surface area contributed by atoms with Crippen LogP contribution in [0.25, 0.3) is 0 Å². The standard InChI is InChI=1S/C19H20N4O3.CH4/c20-11-15-3-1-2-14(10-15)5-4-13-6-8-16(9-7-13)18(24)22-17(12-21)19(25)23-26;/h1-3,6-10,17,26H,11-12,20-21H2,(H,22,24)(H,23,25);1H4/t17-;/m0./s1. The minimum Gasteiger partial charge on any atom is -0.339 e. The molecule has 0 unspecified atom stereocenters. The number of hydroxylamine groups is 1. The third kappa shape index (κ3) is 6.24. The first kappa shape index (κ1) is 21.9. The second-order valence-corrected chi connectivity index (χ2v) is 5.47. The molecule has 142 valence electrons. The molecule has 0 saturated heterocycles. The highest BCUT2D eigenvalue weighted by Gasteiger charge is 2.19. The molecular weight excluding hydrogens is 344 g/mol. The highest BCUT2D eigenvalue weighted by molar-refractivity contribution is 5.97. The lowest BCUT2D eigenvalue weighted by Crippen LogP contribution is -2.50. The van der Waals surface area contributed by atoms with Crippen LogP contribution in [0.2, 0.25) is 0 Å². The van der Waals surface area contributed by atoms with Crippen LogP contribution >= 0.6 is 0 Å². The molecule has 27 heavy (non-hydrogen) atoms. The number of carbonyl (C=O) groups is 2. The molecular formula is C20H24N4O3. The predicted molar refractivity (Wildman–Crippen MR) is 104 cm³/mol. The molecule has 0 aliphatic carbocycles. The van der Waals surface area contributed by atoms with Crippen LogP contribution in [0.15, 0.2) is 48.5 Å². The molecule has 0 aromatic heterocycles. The Balaban J connectivity index is 0.00000364. The fourth-order valence-corrected chi connectivity index (χ4v) is 2.18. The van der Waals surface area contributed by atoms with Crippen molar-refractivity contribution in [1.29, 1.82) is 0 Å². The van der Waals surface area contributed by atoms with Crippen LogP contribution < -0.4 is 22.3 Å². The molecule has 0 fully saturated rings. The summed E-state index contributed by atoms with van der Waals surface area (Å²) in [6.07, 6.45) is 0. The molecule has 2 aromatic rings. The van der Waals surface area contributed by atoms with Crippen molar-refractivity contribution in [3.63, 3.8) is 0 Å². The number of carbonyl (C=O) groups excluding carboxylic acids is 2. The zero-order valence-electron chi connectivity index (χ0n) is 14.0. The molecule has 7 nitrogen and oxygen atoms in total. The topological polar surface area (TPSA) is 130 Å². The first-order chi connectivity index (χ1) is 12.6. The van der Waals surface area contributed by atoms with Gasteiger partial charge < -0.3 is 16.8 Å². The summed E-state index contributed by atoms with van der Waals surface area (Å²) in [4.78, 5) is 23.5. The highest BCUT2D eigenvalue weighted by atomic mass is 16.5. The summed E-state index contributed by atoms with van der Waals surface area (Å²) in [5.74, 6) is 4.81. The normalized spacial score (nSPS) is 10.6. The first-order valence-electron chi connectivity index (χ1n) is 7.93. The monoisotopic (exact) mass is 368 g/mol. The average Bonchev–Trinajstić information content (AvgIpc) is 2.70. The molecule has 0 aliphatic heterocycles. The molecule has 0 radical (unpaired) electrons. The lowest BCUT2D eigenvalue weighted by Gasteiger charge is -2.14. The molecule has 0 bridgehead atoms. The van der Waals surface area contributed by atoms with Crippen LogP contribution in [-0.2, 0) is 11.3 Å². The molecule has 0 saturated carbocycles. The van der Waals surface area contributed by atoms with Crippen molar-refractivity contribution in [2.24, 2.45) is 11.5 Å². The van der Waals surface area contributed by atoms with Gasteiger partial charge in [-0.05, 0) is 42.0 Å². The van der Waals surface area contributed by atoms with Crippen molar-refractivity contribution >= 4 is 11.8 Å². The molecule has 2 amide bonds. The van der Waals surface area contributed by atoms with E-state index in [-0.39, 0.29) is 14.0 Å². The van der Waals surface area contributed by atoms with Gasteiger partial charge in [-0.2, -0.15) is 0 Å². The smallest absolute Gasteiger partial charge is 0.267 e. The van der Waals surface area contributed by atoms with Crippen LogP contribution in [-0.4, -0.2) is 29.6 Å². The van der Waals surface area contributed by atoms with Crippen molar-refractivity contribution in [1.82, 2.24) is 10.8 Å². The number of amides is 2. The van der Waals surface area contributed by atoms with E-state index in [4.69, 9.17) is 16.7 Å². The van der Waals surface area contributed by atoms with Gasteiger partial charge in [-0.25, -0.2) is 5.48 Å². The van der Waals surface area contributed by atoms with Gasteiger partial charge in [-0.15, -0.1) is 0 Å². The second-order valence-electron chi connectivity index (χ2n) is 5.47. The van der Waals surface area contributed by atoms with Gasteiger partial charge in [0.25, 0.3) is 11.8 Å². The Hall–Kier alpha value is -3.18. The quantitative estimate of drug-likeness (QED) is 0.302. The van der Waals surface area contributed by atoms with Gasteiger partial charge >= 0.3 is 0 Å². The second kappa shape index (κ2) is 10.7. The summed E-state index contributed by atoms with van der Waals surface area (Å²) in [6.45, 7) is 0.320. The minimum atomic E-state index is -1.01. The van der Waals surface area contributed by atoms with Gasteiger partial charge in [-0.3, -0.25) is 14.8 Å². The van der Waals surface area contributed by atoms with E-state index in [0.29, 0.717) is 12.1 Å². The zero-order chi connectivity index (χ0) is 18.9. The largest absolute Gasteiger partial charge is 0.339 e. The maximum Gasteiger partial charge on any atom is 0.267 e. The zero-order valence-corrected chi connectivity index (χ0v) is 14.0. The Kier molecular flexibility index (Phi) is 8.69. The fraction of sp³-hybridized carbons (Fsp3) is 0.200. The van der Waals surface area contributed by atoms with Crippen LogP contribution in [0.4, 0.5) is 0 Å². The summed E-state index contributed by atoms with van der Waals surface area (Å²) >= 11 is 0. The van der Waals surface area contributed by atoms with Gasteiger partial charge in [0.05, 0.1) is 0 Å². The Labute approximate surface area is 158 Å². The number of hydrogen-bond acceptors (Lipinski definition) is 5. The summed E-state index contributed by atoms with van der Waals surface area (Å²) in [5, 5.41) is 11.1. The summed E-state index contributed by atoms with van der Waals surface area (Å²) < 4.78 is 0. The molecule has 2 aromatic carbocycles. The molecule has 7 N–H and O–H groups in total. The summed E-state index contributed by atoms with van der Waals surface area (Å²) in [6, 6.07) is 13.2. The van der Waals surface area contributed by atoms with Crippen molar-refractivity contribution in [2.75, 3.05) is 6.54 Å². The average molecular weight is 368 g/mol. The van der Waals surface area contributed by atoms with Crippen LogP contribution in [0, 0.1) is 11.8 Å². The van der Waals surface area contributed by atoms with Gasteiger partial charge in [0.15, 0.2) is 0 Å². The van der Waals surface area contributed by atoms with Crippen LogP contribution in [0.5, 0.6) is 0 Å². The first-order valence-corrected chi connectivity index (χ1v) is 7.93. The molecule has 0 heterocycles. The summed E-state index contributed by atoms with van der Waals surface area (Å²) in [5.41, 5.74) is 15.4. The third-order valence-electron chi connectivity index (χ3n) is 3.63. The molecule has 7 heteroatoms. The van der Waals surface area contributed by atoms with E-state index in [2.05, 4.69) is 17.2 Å². The van der Waals surface area contributed by atoms with Crippen molar-refractivity contribution < 1.29 is 14.8 Å². The van der Waals surface area contributed by atoms with Crippen LogP contribution in [0.3, 0.4) is 0 Å². The molecule has 0 aliphatic rings. The van der Waals surface area contributed by atoms with E-state index in [1.165, 1.54) is 5.48 Å². The number of benzene rings is 2. The lowest BCUT2D eigenvalue weighted by molar-refractivity contribution is -0.130. The number of nitrogens with two attached hydrogens (primary N) is 2. The van der Waals surface area contributed by atoms with Crippen LogP contribution in [0.1, 0.15) is 34.5 Å². The van der Waals surface area contributed by atoms with E-state index in [1.807, 2.05) is 24.3 Å². The maximum absolute atomic E-state index is 12.1. The minimum absolute atomic E-state index is 0. The summed E-state index contributed by atoms with van der Waals surface area (Å²) in [7, 11) is 0. The Morgan fingerprint density at radius 1 is 1.04 bits per heavy atom. The third-order valence-corrected chi connectivity index (χ3v) is 3.63. The molecule has 2 rings (SSSR count). The van der Waals surface area contributed by atoms with Gasteiger partial charge in [0.2, 0.25) is 0 Å². The number of rotatable bonds is 5. The Morgan fingerprint density at radius 2 is 1.70 bits per heavy atom. The SMILES string of the molecule is C.NCc1cccc(C#Cc2ccc(C(=O)N[C@@H](CN)C(=O)NO)cc2)c1. The van der Waals surface area contributed by atoms with Crippen molar-refractivity contribution in [3.05, 3.63) is 70.8 Å². The van der Waals surface area contributed by atoms with Crippen molar-refractivity contribution in [2.45, 2.75) is 20.0 Å². The van der Waals surface area contributed by atoms with E-state index in [0.717, 1.165) is 16.7 Å².